The lowest BCUT2D eigenvalue weighted by Crippen LogP contribution is -2.54. The molecule has 2 aromatic heterocycles. The molecule has 158 valence electrons. The minimum absolute atomic E-state index is 0.132. The number of piperazine rings is 1. The molecule has 0 bridgehead atoms. The Morgan fingerprint density at radius 3 is 3.03 bits per heavy atom. The van der Waals surface area contributed by atoms with Gasteiger partial charge in [-0.1, -0.05) is 0 Å². The maximum Gasteiger partial charge on any atom is 0.152 e. The number of carbonyl (C=O) groups is 1. The molecule has 0 radical (unpaired) electrons. The van der Waals surface area contributed by atoms with Gasteiger partial charge in [0.25, 0.3) is 0 Å². The van der Waals surface area contributed by atoms with Gasteiger partial charge in [0.1, 0.15) is 24.0 Å². The van der Waals surface area contributed by atoms with Gasteiger partial charge in [-0.3, -0.25) is 0 Å². The van der Waals surface area contributed by atoms with Crippen molar-refractivity contribution in [2.24, 2.45) is 0 Å². The molecule has 2 N–H and O–H groups in total. The lowest BCUT2D eigenvalue weighted by Gasteiger charge is -2.40. The molecule has 2 atom stereocenters. The number of benzene rings is 1. The molecule has 8 heteroatoms. The minimum Gasteiger partial charge on any atom is -0.383 e. The molecule has 3 aromatic rings. The van der Waals surface area contributed by atoms with Crippen LogP contribution in [0.25, 0.3) is 10.9 Å². The molecule has 0 spiro atoms. The Balaban J connectivity index is 1.54. The van der Waals surface area contributed by atoms with Crippen LogP contribution in [0.4, 0.5) is 21.7 Å². The molecule has 0 saturated carbocycles. The van der Waals surface area contributed by atoms with Crippen molar-refractivity contribution in [2.75, 3.05) is 48.5 Å². The minimum atomic E-state index is -0.345. The highest BCUT2D eigenvalue weighted by Crippen LogP contribution is 2.29. The monoisotopic (exact) mass is 411 g/mol. The summed E-state index contributed by atoms with van der Waals surface area (Å²) < 4.78 is 18.7. The number of aromatic amines is 1. The van der Waals surface area contributed by atoms with Crippen molar-refractivity contribution in [1.82, 2.24) is 9.97 Å². The Labute approximate surface area is 174 Å². The summed E-state index contributed by atoms with van der Waals surface area (Å²) in [4.78, 5) is 24.0. The van der Waals surface area contributed by atoms with E-state index in [0.29, 0.717) is 26.2 Å². The molecule has 1 fully saturated rings. The number of nitrogens with one attached hydrogen (secondary N) is 2. The maximum atomic E-state index is 13.5. The number of aldehydes is 1. The first-order valence-electron chi connectivity index (χ1n) is 10.0. The van der Waals surface area contributed by atoms with Gasteiger partial charge in [-0.2, -0.15) is 0 Å². The number of H-pyrrole nitrogens is 1. The van der Waals surface area contributed by atoms with Crippen LogP contribution in [0.15, 0.2) is 42.6 Å². The normalized spacial score (nSPS) is 17.9. The zero-order valence-electron chi connectivity index (χ0n) is 17.1. The number of halogens is 1. The highest BCUT2D eigenvalue weighted by molar-refractivity contribution is 5.85. The van der Waals surface area contributed by atoms with Gasteiger partial charge >= 0.3 is 0 Å². The van der Waals surface area contributed by atoms with Gasteiger partial charge in [0, 0.05) is 49.9 Å². The fourth-order valence-corrected chi connectivity index (χ4v) is 3.98. The standard InChI is InChI=1S/C22H26FN5O2/c1-15(14-30-2)25-20-4-3-7-24-22(20)27-8-9-28(18(12-27)13-29)21-11-16-10-17(23)5-6-19(16)26-21/h3-7,10-11,13,15,18,25-26H,8-9,12,14H2,1-2H3. The van der Waals surface area contributed by atoms with E-state index >= 15 is 0 Å². The van der Waals surface area contributed by atoms with Crippen LogP contribution in [-0.2, 0) is 9.53 Å². The molecule has 1 saturated heterocycles. The summed E-state index contributed by atoms with van der Waals surface area (Å²) in [6.07, 6.45) is 2.72. The van der Waals surface area contributed by atoms with Gasteiger partial charge in [-0.25, -0.2) is 9.37 Å². The Morgan fingerprint density at radius 2 is 2.23 bits per heavy atom. The van der Waals surface area contributed by atoms with E-state index < -0.39 is 0 Å². The van der Waals surface area contributed by atoms with Gasteiger partial charge in [-0.05, 0) is 43.3 Å². The van der Waals surface area contributed by atoms with Crippen LogP contribution in [0.1, 0.15) is 6.92 Å². The zero-order valence-corrected chi connectivity index (χ0v) is 17.1. The van der Waals surface area contributed by atoms with E-state index in [9.17, 15) is 9.18 Å². The fraction of sp³-hybridized carbons (Fsp3) is 0.364. The summed E-state index contributed by atoms with van der Waals surface area (Å²) in [5, 5.41) is 4.23. The summed E-state index contributed by atoms with van der Waals surface area (Å²) in [6, 6.07) is 10.2. The number of rotatable bonds is 7. The lowest BCUT2D eigenvalue weighted by molar-refractivity contribution is -0.109. The van der Waals surface area contributed by atoms with Crippen LogP contribution < -0.4 is 15.1 Å². The number of pyridine rings is 1. The molecule has 7 nitrogen and oxygen atoms in total. The van der Waals surface area contributed by atoms with Crippen LogP contribution >= 0.6 is 0 Å². The summed E-state index contributed by atoms with van der Waals surface area (Å²) in [5.74, 6) is 1.37. The van der Waals surface area contributed by atoms with Crippen LogP contribution in [-0.4, -0.2) is 61.7 Å². The predicted molar refractivity (Wildman–Crippen MR) is 117 cm³/mol. The highest BCUT2D eigenvalue weighted by Gasteiger charge is 2.29. The summed E-state index contributed by atoms with van der Waals surface area (Å²) in [7, 11) is 1.68. The first-order valence-corrected chi connectivity index (χ1v) is 10.0. The topological polar surface area (TPSA) is 73.5 Å². The number of aromatic nitrogens is 2. The zero-order chi connectivity index (χ0) is 21.1. The number of ether oxygens (including phenoxy) is 1. The fourth-order valence-electron chi connectivity index (χ4n) is 3.98. The molecule has 2 unspecified atom stereocenters. The number of anilines is 3. The molecule has 1 aromatic carbocycles. The van der Waals surface area contributed by atoms with Crippen molar-refractivity contribution in [1.29, 1.82) is 0 Å². The van der Waals surface area contributed by atoms with E-state index in [1.54, 1.807) is 19.4 Å². The Kier molecular flexibility index (Phi) is 5.85. The van der Waals surface area contributed by atoms with E-state index in [4.69, 9.17) is 4.74 Å². The van der Waals surface area contributed by atoms with Crippen molar-refractivity contribution in [2.45, 2.75) is 19.0 Å². The molecular formula is C22H26FN5O2. The Bertz CT molecular complexity index is 1020. The molecule has 1 aliphatic rings. The first-order chi connectivity index (χ1) is 14.6. The Hall–Kier alpha value is -3.13. The average Bonchev–Trinajstić information content (AvgIpc) is 3.16. The van der Waals surface area contributed by atoms with Gasteiger partial charge < -0.3 is 29.6 Å². The molecular weight excluding hydrogens is 385 g/mol. The van der Waals surface area contributed by atoms with Gasteiger partial charge in [0.15, 0.2) is 5.82 Å². The Morgan fingerprint density at radius 1 is 1.37 bits per heavy atom. The second-order valence-corrected chi connectivity index (χ2v) is 7.60. The number of fused-ring (bicyclic) bond motifs is 1. The van der Waals surface area contributed by atoms with Crippen LogP contribution in [0, 0.1) is 5.82 Å². The average molecular weight is 411 g/mol. The smallest absolute Gasteiger partial charge is 0.152 e. The second-order valence-electron chi connectivity index (χ2n) is 7.60. The van der Waals surface area contributed by atoms with Gasteiger partial charge in [0.2, 0.25) is 0 Å². The van der Waals surface area contributed by atoms with Crippen molar-refractivity contribution < 1.29 is 13.9 Å². The van der Waals surface area contributed by atoms with Crippen molar-refractivity contribution in [3.05, 3.63) is 48.4 Å². The van der Waals surface area contributed by atoms with E-state index in [-0.39, 0.29) is 17.9 Å². The summed E-state index contributed by atoms with van der Waals surface area (Å²) in [6.45, 7) is 4.49. The maximum absolute atomic E-state index is 13.5. The predicted octanol–water partition coefficient (Wildman–Crippen LogP) is 3.04. The first kappa shape index (κ1) is 20.2. The molecule has 30 heavy (non-hydrogen) atoms. The van der Waals surface area contributed by atoms with Crippen LogP contribution in [0.2, 0.25) is 0 Å². The number of methoxy groups -OCH3 is 1. The number of carbonyl (C=O) groups excluding carboxylic acids is 1. The third kappa shape index (κ3) is 4.09. The summed E-state index contributed by atoms with van der Waals surface area (Å²) >= 11 is 0. The summed E-state index contributed by atoms with van der Waals surface area (Å²) in [5.41, 5.74) is 1.77. The number of hydrogen-bond acceptors (Lipinski definition) is 6. The second kappa shape index (κ2) is 8.71. The molecule has 1 aliphatic heterocycles. The van der Waals surface area contributed by atoms with Crippen molar-refractivity contribution in [3.8, 4) is 0 Å². The lowest BCUT2D eigenvalue weighted by atomic mass is 10.1. The van der Waals surface area contributed by atoms with E-state index in [2.05, 4.69) is 20.2 Å². The van der Waals surface area contributed by atoms with E-state index in [1.807, 2.05) is 30.0 Å². The number of hydrogen-bond donors (Lipinski definition) is 2. The quantitative estimate of drug-likeness (QED) is 0.582. The van der Waals surface area contributed by atoms with Crippen molar-refractivity contribution in [3.63, 3.8) is 0 Å². The van der Waals surface area contributed by atoms with Gasteiger partial charge in [-0.15, -0.1) is 0 Å². The SMILES string of the molecule is COCC(C)Nc1cccnc1N1CCN(c2cc3cc(F)ccc3[nH]2)C(C=O)C1. The molecule has 0 aliphatic carbocycles. The third-order valence-corrected chi connectivity index (χ3v) is 5.36. The van der Waals surface area contributed by atoms with Crippen LogP contribution in [0.5, 0.6) is 0 Å². The third-order valence-electron chi connectivity index (χ3n) is 5.36. The molecule has 4 rings (SSSR count). The molecule has 3 heterocycles. The van der Waals surface area contributed by atoms with E-state index in [1.165, 1.54) is 12.1 Å². The highest BCUT2D eigenvalue weighted by atomic mass is 19.1. The van der Waals surface area contributed by atoms with Crippen LogP contribution in [0.3, 0.4) is 0 Å². The van der Waals surface area contributed by atoms with Crippen molar-refractivity contribution >= 4 is 34.5 Å². The van der Waals surface area contributed by atoms with Gasteiger partial charge in [0.05, 0.1) is 12.3 Å². The van der Waals surface area contributed by atoms with E-state index in [0.717, 1.165) is 34.5 Å². The largest absolute Gasteiger partial charge is 0.383 e. The molecule has 0 amide bonds. The number of nitrogens with zero attached hydrogens (tertiary/aromatic N) is 3.